The highest BCUT2D eigenvalue weighted by atomic mass is 35.5. The van der Waals surface area contributed by atoms with E-state index in [2.05, 4.69) is 31.3 Å². The van der Waals surface area contributed by atoms with Gasteiger partial charge in [0, 0.05) is 49.8 Å². The fourth-order valence-electron chi connectivity index (χ4n) is 5.47. The Bertz CT molecular complexity index is 1210. The minimum atomic E-state index is -3.90. The van der Waals surface area contributed by atoms with Crippen molar-refractivity contribution >= 4 is 50.8 Å². The van der Waals surface area contributed by atoms with E-state index in [0.29, 0.717) is 27.9 Å². The standard InChI is InChI=1S/C24H33Cl2N7O3S/c1-2-19-15-32(24-21(26)13-18(14-29-24)30-37(28,35)36)11-12-33(19)20-7-9-31(10-8-20)22(23(27)34)16-3-5-17(25)6-4-16/h3-6,13-14,19-20,22,30H,2,7-12,15H2,1H3,(H2,27,34)(H2,28,35,36)/t19-,22-/m0/s1. The maximum Gasteiger partial charge on any atom is 0.296 e. The van der Waals surface area contributed by atoms with E-state index in [-0.39, 0.29) is 11.6 Å². The SMILES string of the molecule is CC[C@H]1CN(c2ncc(NS(N)(=O)=O)cc2Cl)CCN1C1CCN([C@H](C(N)=O)c2ccc(Cl)cc2)CC1. The zero-order chi connectivity index (χ0) is 26.7. The van der Waals surface area contributed by atoms with E-state index < -0.39 is 16.3 Å². The number of likely N-dealkylation sites (tertiary alicyclic amines) is 1. The van der Waals surface area contributed by atoms with Crippen molar-refractivity contribution in [3.63, 3.8) is 0 Å². The number of hydrogen-bond donors (Lipinski definition) is 3. The van der Waals surface area contributed by atoms with Gasteiger partial charge in [0.15, 0.2) is 0 Å². The van der Waals surface area contributed by atoms with E-state index in [1.807, 2.05) is 12.1 Å². The van der Waals surface area contributed by atoms with Gasteiger partial charge in [0.1, 0.15) is 11.9 Å². The summed E-state index contributed by atoms with van der Waals surface area (Å²) in [4.78, 5) is 23.6. The molecule has 3 heterocycles. The van der Waals surface area contributed by atoms with Gasteiger partial charge in [0.25, 0.3) is 10.2 Å². The van der Waals surface area contributed by atoms with Gasteiger partial charge in [0.05, 0.1) is 16.9 Å². The number of benzene rings is 1. The first-order valence-electron chi connectivity index (χ1n) is 12.3. The number of piperidine rings is 1. The molecule has 0 saturated carbocycles. The summed E-state index contributed by atoms with van der Waals surface area (Å²) in [6.45, 7) is 6.11. The third-order valence-electron chi connectivity index (χ3n) is 7.17. The summed E-state index contributed by atoms with van der Waals surface area (Å²) in [5, 5.41) is 6.03. The van der Waals surface area contributed by atoms with Crippen molar-refractivity contribution < 1.29 is 13.2 Å². The van der Waals surface area contributed by atoms with Crippen LogP contribution < -0.4 is 20.5 Å². The third kappa shape index (κ3) is 6.84. The molecule has 202 valence electrons. The van der Waals surface area contributed by atoms with Gasteiger partial charge in [0.2, 0.25) is 5.91 Å². The molecule has 0 aliphatic carbocycles. The Morgan fingerprint density at radius 1 is 1.16 bits per heavy atom. The van der Waals surface area contributed by atoms with Crippen LogP contribution in [0, 0.1) is 0 Å². The van der Waals surface area contributed by atoms with Crippen LogP contribution >= 0.6 is 23.2 Å². The largest absolute Gasteiger partial charge is 0.368 e. The molecule has 4 rings (SSSR count). The fourth-order valence-corrected chi connectivity index (χ4v) is 6.32. The Hall–Kier alpha value is -2.15. The quantitative estimate of drug-likeness (QED) is 0.444. The molecule has 2 aliphatic rings. The van der Waals surface area contributed by atoms with E-state index in [1.165, 1.54) is 12.3 Å². The number of amides is 1. The molecule has 1 aromatic carbocycles. The molecule has 0 spiro atoms. The average Bonchev–Trinajstić information content (AvgIpc) is 2.84. The van der Waals surface area contributed by atoms with Crippen molar-refractivity contribution in [3.05, 3.63) is 52.1 Å². The first kappa shape index (κ1) is 27.9. The van der Waals surface area contributed by atoms with Crippen molar-refractivity contribution in [3.8, 4) is 0 Å². The lowest BCUT2D eigenvalue weighted by molar-refractivity contribution is -0.124. The van der Waals surface area contributed by atoms with Crippen LogP contribution in [-0.2, 0) is 15.0 Å². The average molecular weight is 571 g/mol. The van der Waals surface area contributed by atoms with Crippen molar-refractivity contribution in [1.82, 2.24) is 14.8 Å². The Balaban J connectivity index is 1.39. The van der Waals surface area contributed by atoms with E-state index in [9.17, 15) is 13.2 Å². The number of piperazine rings is 1. The van der Waals surface area contributed by atoms with Crippen molar-refractivity contribution in [2.45, 2.75) is 44.3 Å². The fraction of sp³-hybridized carbons (Fsp3) is 0.500. The summed E-state index contributed by atoms with van der Waals surface area (Å²) in [7, 11) is -3.90. The number of nitrogens with one attached hydrogen (secondary N) is 1. The number of nitrogens with two attached hydrogens (primary N) is 2. The van der Waals surface area contributed by atoms with Crippen molar-refractivity contribution in [1.29, 1.82) is 0 Å². The van der Waals surface area contributed by atoms with Gasteiger partial charge in [-0.05, 0) is 43.0 Å². The van der Waals surface area contributed by atoms with Crippen LogP contribution in [0.1, 0.15) is 37.8 Å². The molecule has 2 saturated heterocycles. The van der Waals surface area contributed by atoms with Crippen LogP contribution in [0.2, 0.25) is 10.0 Å². The van der Waals surface area contributed by atoms with Gasteiger partial charge in [-0.3, -0.25) is 19.3 Å². The minimum absolute atomic E-state index is 0.224. The molecule has 2 atom stereocenters. The second-order valence-corrected chi connectivity index (χ2v) is 11.7. The first-order valence-corrected chi connectivity index (χ1v) is 14.6. The van der Waals surface area contributed by atoms with Gasteiger partial charge in [-0.15, -0.1) is 0 Å². The normalized spacial score (nSPS) is 21.1. The molecule has 2 aliphatic heterocycles. The molecule has 13 heteroatoms. The molecule has 0 radical (unpaired) electrons. The molecule has 0 unspecified atom stereocenters. The minimum Gasteiger partial charge on any atom is -0.368 e. The predicted molar refractivity (Wildman–Crippen MR) is 147 cm³/mol. The van der Waals surface area contributed by atoms with Crippen molar-refractivity contribution in [2.75, 3.05) is 42.3 Å². The highest BCUT2D eigenvalue weighted by Crippen LogP contribution is 2.32. The number of rotatable bonds is 8. The number of carbonyl (C=O) groups excluding carboxylic acids is 1. The van der Waals surface area contributed by atoms with Gasteiger partial charge >= 0.3 is 0 Å². The monoisotopic (exact) mass is 569 g/mol. The van der Waals surface area contributed by atoms with Crippen LogP contribution in [0.25, 0.3) is 0 Å². The Labute approximate surface area is 228 Å². The molecule has 5 N–H and O–H groups in total. The zero-order valence-corrected chi connectivity index (χ0v) is 23.0. The van der Waals surface area contributed by atoms with Crippen LogP contribution in [-0.4, -0.2) is 73.9 Å². The summed E-state index contributed by atoms with van der Waals surface area (Å²) < 4.78 is 24.8. The van der Waals surface area contributed by atoms with Crippen LogP contribution in [0.3, 0.4) is 0 Å². The zero-order valence-electron chi connectivity index (χ0n) is 20.7. The van der Waals surface area contributed by atoms with E-state index in [1.54, 1.807) is 12.1 Å². The van der Waals surface area contributed by atoms with Crippen LogP contribution in [0.4, 0.5) is 11.5 Å². The summed E-state index contributed by atoms with van der Waals surface area (Å²) in [5.41, 5.74) is 6.88. The van der Waals surface area contributed by atoms with Crippen LogP contribution in [0.5, 0.6) is 0 Å². The number of aromatic nitrogens is 1. The summed E-state index contributed by atoms with van der Waals surface area (Å²) in [5.74, 6) is 0.275. The van der Waals surface area contributed by atoms with Gasteiger partial charge < -0.3 is 10.6 Å². The molecule has 1 amide bonds. The molecule has 0 bridgehead atoms. The Morgan fingerprint density at radius 2 is 1.84 bits per heavy atom. The molecular weight excluding hydrogens is 537 g/mol. The molecular formula is C24H33Cl2N7O3S. The van der Waals surface area contributed by atoms with E-state index >= 15 is 0 Å². The lowest BCUT2D eigenvalue weighted by atomic mass is 9.95. The van der Waals surface area contributed by atoms with E-state index in [4.69, 9.17) is 34.1 Å². The number of pyridine rings is 1. The number of primary amides is 1. The number of anilines is 2. The van der Waals surface area contributed by atoms with Gasteiger partial charge in [-0.25, -0.2) is 10.1 Å². The van der Waals surface area contributed by atoms with E-state index in [0.717, 1.165) is 57.5 Å². The maximum atomic E-state index is 12.3. The van der Waals surface area contributed by atoms with Gasteiger partial charge in [-0.2, -0.15) is 8.42 Å². The molecule has 1 aromatic heterocycles. The Kier molecular flexibility index (Phi) is 8.82. The molecule has 37 heavy (non-hydrogen) atoms. The third-order valence-corrected chi connectivity index (χ3v) is 8.22. The molecule has 10 nitrogen and oxygen atoms in total. The summed E-state index contributed by atoms with van der Waals surface area (Å²) in [6, 6.07) is 9.09. The lowest BCUT2D eigenvalue weighted by Gasteiger charge is -2.48. The Morgan fingerprint density at radius 3 is 2.41 bits per heavy atom. The molecule has 2 aromatic rings. The number of nitrogens with zero attached hydrogens (tertiary/aromatic N) is 4. The van der Waals surface area contributed by atoms with Crippen LogP contribution in [0.15, 0.2) is 36.5 Å². The van der Waals surface area contributed by atoms with Gasteiger partial charge in [-0.1, -0.05) is 42.3 Å². The maximum absolute atomic E-state index is 12.3. The second kappa shape index (κ2) is 11.7. The highest BCUT2D eigenvalue weighted by Gasteiger charge is 2.36. The molecule has 2 fully saturated rings. The summed E-state index contributed by atoms with van der Waals surface area (Å²) in [6.07, 6.45) is 4.28. The topological polar surface area (TPSA) is 138 Å². The lowest BCUT2D eigenvalue weighted by Crippen LogP contribution is -2.59. The second-order valence-electron chi connectivity index (χ2n) is 9.55. The summed E-state index contributed by atoms with van der Waals surface area (Å²) >= 11 is 12.5. The predicted octanol–water partition coefficient (Wildman–Crippen LogP) is 2.60. The first-order chi connectivity index (χ1) is 17.6. The highest BCUT2D eigenvalue weighted by molar-refractivity contribution is 7.90. The van der Waals surface area contributed by atoms with Crippen molar-refractivity contribution in [2.24, 2.45) is 10.9 Å². The number of hydrogen-bond acceptors (Lipinski definition) is 7. The smallest absolute Gasteiger partial charge is 0.296 e. The number of halogens is 2. The number of carbonyl (C=O) groups is 1.